The predicted octanol–water partition coefficient (Wildman–Crippen LogP) is -0.612. The molecule has 0 aliphatic carbocycles. The maximum absolute atomic E-state index is 12.1. The van der Waals surface area contributed by atoms with Crippen molar-refractivity contribution >= 4 is 11.8 Å². The summed E-state index contributed by atoms with van der Waals surface area (Å²) in [6, 6.07) is 3.30. The summed E-state index contributed by atoms with van der Waals surface area (Å²) in [6.45, 7) is 1.05. The molecule has 6 heteroatoms. The Kier molecular flexibility index (Phi) is 4.69. The molecule has 2 rings (SSSR count). The van der Waals surface area contributed by atoms with Crippen molar-refractivity contribution in [2.45, 2.75) is 6.42 Å². The minimum atomic E-state index is -0.255. The molecule has 1 aliphatic rings. The summed E-state index contributed by atoms with van der Waals surface area (Å²) in [5.74, 6) is 5.21. The second-order valence-corrected chi connectivity index (χ2v) is 4.28. The highest BCUT2D eigenvalue weighted by atomic mass is 16.2. The van der Waals surface area contributed by atoms with Crippen LogP contribution in [-0.2, 0) is 4.79 Å². The van der Waals surface area contributed by atoms with Gasteiger partial charge in [-0.25, -0.2) is 4.98 Å². The van der Waals surface area contributed by atoms with E-state index < -0.39 is 0 Å². The van der Waals surface area contributed by atoms with Gasteiger partial charge in [0.15, 0.2) is 0 Å². The number of pyridine rings is 1. The fourth-order valence-electron chi connectivity index (χ4n) is 1.79. The van der Waals surface area contributed by atoms with E-state index in [-0.39, 0.29) is 25.0 Å². The first-order chi connectivity index (χ1) is 9.70. The summed E-state index contributed by atoms with van der Waals surface area (Å²) in [4.78, 5) is 28.9. The number of carbonyl (C=O) groups excluding carboxylic acids is 2. The van der Waals surface area contributed by atoms with Crippen LogP contribution in [0.4, 0.5) is 0 Å². The molecule has 1 aromatic heterocycles. The molecule has 1 saturated heterocycles. The zero-order valence-electron chi connectivity index (χ0n) is 10.9. The Bertz CT molecular complexity index is 557. The standard InChI is InChI=1S/C14H15N3O3/c18-8-2-1-3-11-4-5-12(16-9-11)14(20)17-7-6-15-13(19)10-17/h4-5,9,18H,2,6-8,10H2,(H,15,19). The Morgan fingerprint density at radius 2 is 2.35 bits per heavy atom. The van der Waals surface area contributed by atoms with Crippen LogP contribution in [-0.4, -0.2) is 53.0 Å². The van der Waals surface area contributed by atoms with Gasteiger partial charge in [-0.15, -0.1) is 0 Å². The predicted molar refractivity (Wildman–Crippen MR) is 71.7 cm³/mol. The second kappa shape index (κ2) is 6.68. The number of piperazine rings is 1. The summed E-state index contributed by atoms with van der Waals surface area (Å²) in [7, 11) is 0. The molecule has 2 amide bonds. The van der Waals surface area contributed by atoms with Crippen LogP contribution in [0, 0.1) is 11.8 Å². The highest BCUT2D eigenvalue weighted by Crippen LogP contribution is 2.05. The van der Waals surface area contributed by atoms with Crippen LogP contribution in [0.2, 0.25) is 0 Å². The van der Waals surface area contributed by atoms with Crippen molar-refractivity contribution in [3.63, 3.8) is 0 Å². The number of rotatable bonds is 2. The smallest absolute Gasteiger partial charge is 0.272 e. The Morgan fingerprint density at radius 1 is 1.50 bits per heavy atom. The van der Waals surface area contributed by atoms with Gasteiger partial charge >= 0.3 is 0 Å². The van der Waals surface area contributed by atoms with E-state index in [9.17, 15) is 9.59 Å². The molecule has 104 valence electrons. The maximum Gasteiger partial charge on any atom is 0.272 e. The largest absolute Gasteiger partial charge is 0.395 e. The highest BCUT2D eigenvalue weighted by molar-refractivity contribution is 5.95. The van der Waals surface area contributed by atoms with Crippen LogP contribution < -0.4 is 5.32 Å². The van der Waals surface area contributed by atoms with E-state index in [2.05, 4.69) is 22.1 Å². The third-order valence-electron chi connectivity index (χ3n) is 2.78. The Hall–Kier alpha value is -2.39. The normalized spacial score (nSPS) is 14.2. The Balaban J connectivity index is 2.04. The van der Waals surface area contributed by atoms with Crippen LogP contribution >= 0.6 is 0 Å². The maximum atomic E-state index is 12.1. The van der Waals surface area contributed by atoms with Crippen LogP contribution in [0.3, 0.4) is 0 Å². The third-order valence-corrected chi connectivity index (χ3v) is 2.78. The van der Waals surface area contributed by atoms with Crippen LogP contribution in [0.1, 0.15) is 22.5 Å². The minimum absolute atomic E-state index is 0.0218. The Morgan fingerprint density at radius 3 is 3.00 bits per heavy atom. The van der Waals surface area contributed by atoms with Crippen molar-refractivity contribution in [2.24, 2.45) is 0 Å². The molecule has 0 saturated carbocycles. The van der Waals surface area contributed by atoms with E-state index in [1.54, 1.807) is 12.1 Å². The summed E-state index contributed by atoms with van der Waals surface area (Å²) < 4.78 is 0. The molecule has 0 unspecified atom stereocenters. The van der Waals surface area contributed by atoms with E-state index in [0.29, 0.717) is 30.8 Å². The van der Waals surface area contributed by atoms with Crippen molar-refractivity contribution < 1.29 is 14.7 Å². The topological polar surface area (TPSA) is 82.5 Å². The monoisotopic (exact) mass is 273 g/mol. The van der Waals surface area contributed by atoms with Gasteiger partial charge in [-0.1, -0.05) is 11.8 Å². The van der Waals surface area contributed by atoms with Crippen molar-refractivity contribution in [3.05, 3.63) is 29.6 Å². The SMILES string of the molecule is O=C1CN(C(=O)c2ccc(C#CCCO)cn2)CCN1. The summed E-state index contributed by atoms with van der Waals surface area (Å²) in [5, 5.41) is 11.3. The van der Waals surface area contributed by atoms with Crippen molar-refractivity contribution in [1.82, 2.24) is 15.2 Å². The number of amides is 2. The number of aliphatic hydroxyl groups excluding tert-OH is 1. The first kappa shape index (κ1) is 14.0. The van der Waals surface area contributed by atoms with Gasteiger partial charge in [-0.05, 0) is 12.1 Å². The molecule has 0 atom stereocenters. The summed E-state index contributed by atoms with van der Waals surface area (Å²) in [5.41, 5.74) is 0.985. The summed E-state index contributed by atoms with van der Waals surface area (Å²) in [6.07, 6.45) is 1.92. The highest BCUT2D eigenvalue weighted by Gasteiger charge is 2.22. The van der Waals surface area contributed by atoms with Gasteiger partial charge in [-0.2, -0.15) is 0 Å². The first-order valence-electron chi connectivity index (χ1n) is 6.32. The lowest BCUT2D eigenvalue weighted by atomic mass is 10.2. The molecule has 0 radical (unpaired) electrons. The summed E-state index contributed by atoms with van der Waals surface area (Å²) >= 11 is 0. The molecular weight excluding hydrogens is 258 g/mol. The first-order valence-corrected chi connectivity index (χ1v) is 6.32. The minimum Gasteiger partial charge on any atom is -0.395 e. The zero-order valence-corrected chi connectivity index (χ0v) is 10.9. The lowest BCUT2D eigenvalue weighted by Crippen LogP contribution is -2.50. The number of hydrogen-bond acceptors (Lipinski definition) is 4. The average molecular weight is 273 g/mol. The van der Waals surface area contributed by atoms with E-state index in [0.717, 1.165) is 0 Å². The van der Waals surface area contributed by atoms with Crippen molar-refractivity contribution in [3.8, 4) is 11.8 Å². The second-order valence-electron chi connectivity index (χ2n) is 4.28. The number of carbonyl (C=O) groups is 2. The van der Waals surface area contributed by atoms with Gasteiger partial charge in [-0.3, -0.25) is 9.59 Å². The van der Waals surface area contributed by atoms with Gasteiger partial charge in [0.05, 0.1) is 13.2 Å². The molecule has 2 N–H and O–H groups in total. The molecule has 0 aromatic carbocycles. The average Bonchev–Trinajstić information content (AvgIpc) is 2.47. The quantitative estimate of drug-likeness (QED) is 0.704. The molecule has 2 heterocycles. The molecule has 6 nitrogen and oxygen atoms in total. The van der Waals surface area contributed by atoms with E-state index in [1.165, 1.54) is 11.1 Å². The van der Waals surface area contributed by atoms with Crippen LogP contribution in [0.5, 0.6) is 0 Å². The lowest BCUT2D eigenvalue weighted by Gasteiger charge is -2.26. The third kappa shape index (κ3) is 3.56. The van der Waals surface area contributed by atoms with Gasteiger partial charge in [0, 0.05) is 31.3 Å². The molecule has 1 aromatic rings. The van der Waals surface area contributed by atoms with E-state index >= 15 is 0 Å². The fourth-order valence-corrected chi connectivity index (χ4v) is 1.79. The Labute approximate surface area is 116 Å². The van der Waals surface area contributed by atoms with Gasteiger partial charge < -0.3 is 15.3 Å². The van der Waals surface area contributed by atoms with Gasteiger partial charge in [0.1, 0.15) is 5.69 Å². The molecule has 0 spiro atoms. The molecule has 1 aliphatic heterocycles. The van der Waals surface area contributed by atoms with Gasteiger partial charge in [0.2, 0.25) is 5.91 Å². The van der Waals surface area contributed by atoms with E-state index in [1.807, 2.05) is 0 Å². The lowest BCUT2D eigenvalue weighted by molar-refractivity contribution is -0.123. The molecule has 0 bridgehead atoms. The fraction of sp³-hybridized carbons (Fsp3) is 0.357. The molecule has 20 heavy (non-hydrogen) atoms. The number of aliphatic hydroxyl groups is 1. The van der Waals surface area contributed by atoms with E-state index in [4.69, 9.17) is 5.11 Å². The number of nitrogens with one attached hydrogen (secondary N) is 1. The number of nitrogens with zero attached hydrogens (tertiary/aromatic N) is 2. The molecule has 1 fully saturated rings. The zero-order chi connectivity index (χ0) is 14.4. The van der Waals surface area contributed by atoms with Crippen LogP contribution in [0.25, 0.3) is 0 Å². The number of aromatic nitrogens is 1. The van der Waals surface area contributed by atoms with Crippen molar-refractivity contribution in [2.75, 3.05) is 26.2 Å². The van der Waals surface area contributed by atoms with Gasteiger partial charge in [0.25, 0.3) is 5.91 Å². The van der Waals surface area contributed by atoms with Crippen molar-refractivity contribution in [1.29, 1.82) is 0 Å². The van der Waals surface area contributed by atoms with Crippen LogP contribution in [0.15, 0.2) is 18.3 Å². The molecular formula is C14H15N3O3. The number of hydrogen-bond donors (Lipinski definition) is 2.